The Morgan fingerprint density at radius 1 is 1.26 bits per heavy atom. The molecule has 0 spiro atoms. The van der Waals surface area contributed by atoms with Gasteiger partial charge in [0.25, 0.3) is 0 Å². The van der Waals surface area contributed by atoms with Gasteiger partial charge in [0, 0.05) is 19.1 Å². The normalized spacial score (nSPS) is 18.2. The van der Waals surface area contributed by atoms with Crippen LogP contribution in [0.15, 0.2) is 24.3 Å². The van der Waals surface area contributed by atoms with E-state index < -0.39 is 0 Å². The first-order chi connectivity index (χ1) is 9.35. The molecule has 4 nitrogen and oxygen atoms in total. The lowest BCUT2D eigenvalue weighted by Crippen LogP contribution is -2.39. The van der Waals surface area contributed by atoms with Crippen LogP contribution in [0.2, 0.25) is 0 Å². The molecule has 106 valence electrons. The molecule has 0 aromatic heterocycles. The maximum atomic E-state index is 5.67. The zero-order valence-electron chi connectivity index (χ0n) is 11.7. The highest BCUT2D eigenvalue weighted by atomic mass is 16.5. The second-order valence-electron chi connectivity index (χ2n) is 4.87. The Kier molecular flexibility index (Phi) is 5.63. The van der Waals surface area contributed by atoms with Gasteiger partial charge in [0.1, 0.15) is 5.75 Å². The fourth-order valence-corrected chi connectivity index (χ4v) is 2.59. The summed E-state index contributed by atoms with van der Waals surface area (Å²) in [5, 5.41) is 0. The number of nitrogens with zero attached hydrogens (tertiary/aromatic N) is 1. The highest BCUT2D eigenvalue weighted by Gasteiger charge is 2.22. The molecule has 2 rings (SSSR count). The van der Waals surface area contributed by atoms with Crippen LogP contribution in [0.25, 0.3) is 0 Å². The molecule has 1 aliphatic heterocycles. The number of nitrogens with two attached hydrogens (primary N) is 1. The van der Waals surface area contributed by atoms with Crippen LogP contribution in [0.1, 0.15) is 24.4 Å². The molecule has 1 fully saturated rings. The number of benzene rings is 1. The summed E-state index contributed by atoms with van der Waals surface area (Å²) in [6, 6.07) is 8.83. The van der Waals surface area contributed by atoms with Crippen LogP contribution in [-0.4, -0.2) is 44.9 Å². The van der Waals surface area contributed by atoms with Crippen molar-refractivity contribution in [1.29, 1.82) is 0 Å². The van der Waals surface area contributed by atoms with Crippen LogP contribution in [0.4, 0.5) is 0 Å². The van der Waals surface area contributed by atoms with Crippen molar-refractivity contribution in [1.82, 2.24) is 4.90 Å². The average molecular weight is 264 g/mol. The van der Waals surface area contributed by atoms with E-state index in [-0.39, 0.29) is 0 Å². The van der Waals surface area contributed by atoms with E-state index >= 15 is 0 Å². The summed E-state index contributed by atoms with van der Waals surface area (Å²) in [5.74, 6) is 0.906. The van der Waals surface area contributed by atoms with Gasteiger partial charge in [-0.3, -0.25) is 4.90 Å². The maximum absolute atomic E-state index is 5.67. The van der Waals surface area contributed by atoms with Crippen LogP contribution in [-0.2, 0) is 4.74 Å². The van der Waals surface area contributed by atoms with Gasteiger partial charge in [-0.15, -0.1) is 0 Å². The van der Waals surface area contributed by atoms with E-state index in [1.54, 1.807) is 7.11 Å². The van der Waals surface area contributed by atoms with Gasteiger partial charge in [0.05, 0.1) is 20.3 Å². The summed E-state index contributed by atoms with van der Waals surface area (Å²) in [6.45, 7) is 4.41. The van der Waals surface area contributed by atoms with Crippen molar-refractivity contribution in [3.8, 4) is 5.75 Å². The summed E-state index contributed by atoms with van der Waals surface area (Å²) in [7, 11) is 1.70. The van der Waals surface area contributed by atoms with E-state index in [4.69, 9.17) is 15.2 Å². The second-order valence-corrected chi connectivity index (χ2v) is 4.87. The monoisotopic (exact) mass is 264 g/mol. The fourth-order valence-electron chi connectivity index (χ4n) is 2.59. The Morgan fingerprint density at radius 2 is 1.95 bits per heavy atom. The Balaban J connectivity index is 2.10. The third-order valence-electron chi connectivity index (χ3n) is 3.67. The molecule has 0 amide bonds. The van der Waals surface area contributed by atoms with Crippen LogP contribution in [0, 0.1) is 0 Å². The van der Waals surface area contributed by atoms with E-state index in [1.807, 2.05) is 12.1 Å². The molecular formula is C15H24N2O2. The van der Waals surface area contributed by atoms with Crippen molar-refractivity contribution in [2.75, 3.05) is 40.0 Å². The lowest BCUT2D eigenvalue weighted by Gasteiger charge is -2.35. The first-order valence-corrected chi connectivity index (χ1v) is 7.01. The third-order valence-corrected chi connectivity index (χ3v) is 3.67. The van der Waals surface area contributed by atoms with E-state index in [0.29, 0.717) is 6.04 Å². The fraction of sp³-hybridized carbons (Fsp3) is 0.600. The van der Waals surface area contributed by atoms with E-state index in [2.05, 4.69) is 17.0 Å². The van der Waals surface area contributed by atoms with Gasteiger partial charge in [0.15, 0.2) is 0 Å². The minimum atomic E-state index is 0.443. The Labute approximate surface area is 115 Å². The van der Waals surface area contributed by atoms with Gasteiger partial charge in [-0.25, -0.2) is 0 Å². The summed E-state index contributed by atoms with van der Waals surface area (Å²) in [5.41, 5.74) is 7.01. The SMILES string of the molecule is COc1ccc(C(CCCN)N2CCOCC2)cc1. The minimum Gasteiger partial charge on any atom is -0.497 e. The van der Waals surface area contributed by atoms with E-state index in [0.717, 1.165) is 51.4 Å². The van der Waals surface area contributed by atoms with Gasteiger partial charge >= 0.3 is 0 Å². The number of rotatable bonds is 6. The highest BCUT2D eigenvalue weighted by Crippen LogP contribution is 2.27. The van der Waals surface area contributed by atoms with Crippen LogP contribution in [0.5, 0.6) is 5.75 Å². The third kappa shape index (κ3) is 3.93. The number of hydrogen-bond donors (Lipinski definition) is 1. The van der Waals surface area contributed by atoms with Gasteiger partial charge in [0.2, 0.25) is 0 Å². The van der Waals surface area contributed by atoms with Crippen molar-refractivity contribution in [2.45, 2.75) is 18.9 Å². The molecule has 0 bridgehead atoms. The summed E-state index contributed by atoms with van der Waals surface area (Å²) >= 11 is 0. The summed E-state index contributed by atoms with van der Waals surface area (Å²) in [6.07, 6.45) is 2.15. The molecule has 1 aromatic carbocycles. The van der Waals surface area contributed by atoms with Gasteiger partial charge in [-0.1, -0.05) is 12.1 Å². The number of methoxy groups -OCH3 is 1. The molecule has 4 heteroatoms. The van der Waals surface area contributed by atoms with E-state index in [1.165, 1.54) is 5.56 Å². The smallest absolute Gasteiger partial charge is 0.118 e. The number of morpholine rings is 1. The van der Waals surface area contributed by atoms with Crippen molar-refractivity contribution in [2.24, 2.45) is 5.73 Å². The maximum Gasteiger partial charge on any atom is 0.118 e. The molecule has 0 radical (unpaired) electrons. The lowest BCUT2D eigenvalue weighted by atomic mass is 9.99. The minimum absolute atomic E-state index is 0.443. The molecular weight excluding hydrogens is 240 g/mol. The van der Waals surface area contributed by atoms with Crippen molar-refractivity contribution >= 4 is 0 Å². The zero-order chi connectivity index (χ0) is 13.5. The molecule has 1 aromatic rings. The van der Waals surface area contributed by atoms with Gasteiger partial charge in [-0.2, -0.15) is 0 Å². The van der Waals surface area contributed by atoms with Crippen molar-refractivity contribution in [3.05, 3.63) is 29.8 Å². The summed E-state index contributed by atoms with van der Waals surface area (Å²) in [4.78, 5) is 2.50. The van der Waals surface area contributed by atoms with Crippen LogP contribution in [0.3, 0.4) is 0 Å². The molecule has 0 aliphatic carbocycles. The molecule has 1 saturated heterocycles. The van der Waals surface area contributed by atoms with Crippen LogP contribution < -0.4 is 10.5 Å². The molecule has 1 unspecified atom stereocenters. The predicted molar refractivity (Wildman–Crippen MR) is 76.4 cm³/mol. The van der Waals surface area contributed by atoms with E-state index in [9.17, 15) is 0 Å². The second kappa shape index (κ2) is 7.48. The molecule has 1 heterocycles. The first-order valence-electron chi connectivity index (χ1n) is 7.01. The van der Waals surface area contributed by atoms with Gasteiger partial charge < -0.3 is 15.2 Å². The summed E-state index contributed by atoms with van der Waals surface area (Å²) < 4.78 is 10.7. The molecule has 2 N–H and O–H groups in total. The first kappa shape index (κ1) is 14.3. The molecule has 0 saturated carbocycles. The predicted octanol–water partition coefficient (Wildman–Crippen LogP) is 1.81. The lowest BCUT2D eigenvalue weighted by molar-refractivity contribution is 0.0139. The van der Waals surface area contributed by atoms with Crippen LogP contribution >= 0.6 is 0 Å². The standard InChI is InChI=1S/C15H24N2O2/c1-18-14-6-4-13(5-7-14)15(3-2-8-16)17-9-11-19-12-10-17/h4-7,15H,2-3,8-12,16H2,1H3. The molecule has 19 heavy (non-hydrogen) atoms. The average Bonchev–Trinajstić information content (AvgIpc) is 2.49. The van der Waals surface area contributed by atoms with Crippen molar-refractivity contribution in [3.63, 3.8) is 0 Å². The Hall–Kier alpha value is -1.10. The largest absolute Gasteiger partial charge is 0.497 e. The quantitative estimate of drug-likeness (QED) is 0.851. The van der Waals surface area contributed by atoms with Crippen molar-refractivity contribution < 1.29 is 9.47 Å². The molecule has 1 aliphatic rings. The zero-order valence-corrected chi connectivity index (χ0v) is 11.7. The Bertz CT molecular complexity index is 361. The van der Waals surface area contributed by atoms with Gasteiger partial charge in [-0.05, 0) is 37.1 Å². The highest BCUT2D eigenvalue weighted by molar-refractivity contribution is 5.29. The Morgan fingerprint density at radius 3 is 2.53 bits per heavy atom. The number of ether oxygens (including phenoxy) is 2. The molecule has 1 atom stereocenters. The number of hydrogen-bond acceptors (Lipinski definition) is 4. The topological polar surface area (TPSA) is 47.7 Å².